The average molecular weight is 293 g/mol. The molecule has 22 heavy (non-hydrogen) atoms. The number of nitriles is 1. The number of anilines is 1. The van der Waals surface area contributed by atoms with E-state index >= 15 is 0 Å². The number of rotatable bonds is 2. The first-order valence-corrected chi connectivity index (χ1v) is 7.01. The zero-order valence-electron chi connectivity index (χ0n) is 12.1. The van der Waals surface area contributed by atoms with Gasteiger partial charge in [0, 0.05) is 6.07 Å². The van der Waals surface area contributed by atoms with Crippen molar-refractivity contribution in [1.29, 1.82) is 5.26 Å². The fraction of sp³-hybridized carbons (Fsp3) is 0.250. The lowest BCUT2D eigenvalue weighted by Crippen LogP contribution is -2.28. The lowest BCUT2D eigenvalue weighted by atomic mass is 9.98. The lowest BCUT2D eigenvalue weighted by molar-refractivity contribution is 0.0931. The van der Waals surface area contributed by atoms with Gasteiger partial charge < -0.3 is 11.1 Å². The molecule has 0 bridgehead atoms. The molecule has 2 aromatic rings. The fourth-order valence-electron chi connectivity index (χ4n) is 2.88. The third-order valence-electron chi connectivity index (χ3n) is 4.04. The summed E-state index contributed by atoms with van der Waals surface area (Å²) in [7, 11) is 0. The first-order chi connectivity index (χ1) is 10.6. The number of amides is 1. The number of nitrogens with one attached hydrogen (secondary N) is 1. The molecule has 110 valence electrons. The number of carbonyl (C=O) groups excluding carboxylic acids is 1. The van der Waals surface area contributed by atoms with Crippen LogP contribution in [0.25, 0.3) is 0 Å². The number of nitrogen functional groups attached to an aromatic ring is 1. The van der Waals surface area contributed by atoms with E-state index in [1.807, 2.05) is 13.0 Å². The highest BCUT2D eigenvalue weighted by Crippen LogP contribution is 2.34. The first kappa shape index (κ1) is 14.0. The second-order valence-corrected chi connectivity index (χ2v) is 5.31. The van der Waals surface area contributed by atoms with Gasteiger partial charge in [0.15, 0.2) is 0 Å². The van der Waals surface area contributed by atoms with Crippen LogP contribution in [-0.4, -0.2) is 15.9 Å². The molecule has 0 spiro atoms. The molecule has 1 amide bonds. The minimum Gasteiger partial charge on any atom is -0.384 e. The molecule has 1 atom stereocenters. The Balaban J connectivity index is 1.84. The Morgan fingerprint density at radius 3 is 3.00 bits per heavy atom. The van der Waals surface area contributed by atoms with Crippen molar-refractivity contribution < 1.29 is 4.79 Å². The summed E-state index contributed by atoms with van der Waals surface area (Å²) >= 11 is 0. The number of fused-ring (bicyclic) bond motifs is 1. The van der Waals surface area contributed by atoms with Crippen molar-refractivity contribution in [2.75, 3.05) is 5.73 Å². The number of hydrogen-bond acceptors (Lipinski definition) is 5. The van der Waals surface area contributed by atoms with Gasteiger partial charge in [-0.2, -0.15) is 5.26 Å². The minimum absolute atomic E-state index is 0.0647. The highest BCUT2D eigenvalue weighted by atomic mass is 16.1. The third kappa shape index (κ3) is 2.37. The van der Waals surface area contributed by atoms with Gasteiger partial charge in [0.1, 0.15) is 17.8 Å². The molecule has 0 fully saturated rings. The molecule has 1 heterocycles. The predicted molar refractivity (Wildman–Crippen MR) is 80.9 cm³/mol. The topological polar surface area (TPSA) is 105 Å². The van der Waals surface area contributed by atoms with Crippen LogP contribution in [0.3, 0.4) is 0 Å². The van der Waals surface area contributed by atoms with Crippen LogP contribution >= 0.6 is 0 Å². The quantitative estimate of drug-likeness (QED) is 0.876. The summed E-state index contributed by atoms with van der Waals surface area (Å²) in [4.78, 5) is 20.0. The molecule has 0 saturated heterocycles. The third-order valence-corrected chi connectivity index (χ3v) is 4.04. The Hall–Kier alpha value is -2.94. The number of hydrogen-bond donors (Lipinski definition) is 2. The minimum atomic E-state index is -0.269. The maximum Gasteiger partial charge on any atom is 0.270 e. The summed E-state index contributed by atoms with van der Waals surface area (Å²) in [6.45, 7) is 1.95. The van der Waals surface area contributed by atoms with Gasteiger partial charge >= 0.3 is 0 Å². The second kappa shape index (κ2) is 5.45. The summed E-state index contributed by atoms with van der Waals surface area (Å²) in [5.41, 5.74) is 9.75. The Kier molecular flexibility index (Phi) is 3.47. The van der Waals surface area contributed by atoms with E-state index in [0.29, 0.717) is 5.56 Å². The van der Waals surface area contributed by atoms with Crippen molar-refractivity contribution in [3.05, 3.63) is 52.5 Å². The summed E-state index contributed by atoms with van der Waals surface area (Å²) in [5.74, 6) is -0.00422. The van der Waals surface area contributed by atoms with Crippen LogP contribution in [0, 0.1) is 18.3 Å². The van der Waals surface area contributed by atoms with Crippen LogP contribution in [0.15, 0.2) is 24.5 Å². The number of nitrogens with zero attached hydrogens (tertiary/aromatic N) is 3. The molecular weight excluding hydrogens is 278 g/mol. The molecule has 0 unspecified atom stereocenters. The molecule has 3 N–H and O–H groups in total. The van der Waals surface area contributed by atoms with Crippen molar-refractivity contribution in [3.8, 4) is 6.07 Å². The van der Waals surface area contributed by atoms with Crippen molar-refractivity contribution in [1.82, 2.24) is 15.3 Å². The summed E-state index contributed by atoms with van der Waals surface area (Å²) in [5, 5.41) is 12.1. The van der Waals surface area contributed by atoms with E-state index in [9.17, 15) is 4.79 Å². The second-order valence-electron chi connectivity index (χ2n) is 5.31. The largest absolute Gasteiger partial charge is 0.384 e. The van der Waals surface area contributed by atoms with Crippen LogP contribution < -0.4 is 11.1 Å². The van der Waals surface area contributed by atoms with Crippen molar-refractivity contribution >= 4 is 11.7 Å². The van der Waals surface area contributed by atoms with Gasteiger partial charge in [-0.25, -0.2) is 9.97 Å². The van der Waals surface area contributed by atoms with E-state index in [1.165, 1.54) is 12.4 Å². The number of carbonyl (C=O) groups is 1. The fourth-order valence-corrected chi connectivity index (χ4v) is 2.88. The maximum absolute atomic E-state index is 12.3. The van der Waals surface area contributed by atoms with Crippen LogP contribution in [0.2, 0.25) is 0 Å². The molecular formula is C16H15N5O. The van der Waals surface area contributed by atoms with E-state index in [0.717, 1.165) is 29.5 Å². The Bertz CT molecular complexity index is 794. The van der Waals surface area contributed by atoms with E-state index in [2.05, 4.69) is 21.4 Å². The highest BCUT2D eigenvalue weighted by molar-refractivity contribution is 5.93. The predicted octanol–water partition coefficient (Wildman–Crippen LogP) is 1.66. The van der Waals surface area contributed by atoms with Gasteiger partial charge in [-0.3, -0.25) is 4.79 Å². The Morgan fingerprint density at radius 2 is 2.27 bits per heavy atom. The zero-order chi connectivity index (χ0) is 15.7. The number of aromatic nitrogens is 2. The molecule has 0 saturated carbocycles. The van der Waals surface area contributed by atoms with Crippen molar-refractivity contribution in [3.63, 3.8) is 0 Å². The van der Waals surface area contributed by atoms with Gasteiger partial charge in [-0.15, -0.1) is 0 Å². The van der Waals surface area contributed by atoms with Crippen molar-refractivity contribution in [2.24, 2.45) is 0 Å². The van der Waals surface area contributed by atoms with Crippen molar-refractivity contribution in [2.45, 2.75) is 25.8 Å². The average Bonchev–Trinajstić information content (AvgIpc) is 2.91. The Labute approximate surface area is 128 Å². The Morgan fingerprint density at radius 1 is 1.45 bits per heavy atom. The zero-order valence-corrected chi connectivity index (χ0v) is 12.1. The van der Waals surface area contributed by atoms with Crippen LogP contribution in [0.5, 0.6) is 0 Å². The summed E-state index contributed by atoms with van der Waals surface area (Å²) < 4.78 is 0. The standard InChI is InChI=1S/C16H15N5O/c1-9-10(7-17)2-3-12-11(9)4-5-13(12)21-16(22)14-6-15(18)20-8-19-14/h2-3,6,8,13H,4-5H2,1H3,(H,21,22)(H2,18,19,20)/t13-/m0/s1. The van der Waals surface area contributed by atoms with E-state index in [4.69, 9.17) is 11.0 Å². The number of benzene rings is 1. The monoisotopic (exact) mass is 293 g/mol. The molecule has 1 aliphatic carbocycles. The molecule has 1 aromatic carbocycles. The van der Waals surface area contributed by atoms with Gasteiger partial charge in [0.25, 0.3) is 5.91 Å². The molecule has 6 nitrogen and oxygen atoms in total. The highest BCUT2D eigenvalue weighted by Gasteiger charge is 2.26. The van der Waals surface area contributed by atoms with Crippen LogP contribution in [-0.2, 0) is 6.42 Å². The molecule has 6 heteroatoms. The molecule has 1 aliphatic rings. The van der Waals surface area contributed by atoms with E-state index in [1.54, 1.807) is 6.07 Å². The molecule has 1 aromatic heterocycles. The number of nitrogens with two attached hydrogens (primary N) is 1. The summed E-state index contributed by atoms with van der Waals surface area (Å²) in [6, 6.07) is 7.31. The van der Waals surface area contributed by atoms with Crippen LogP contribution in [0.1, 0.15) is 45.2 Å². The van der Waals surface area contributed by atoms with Gasteiger partial charge in [0.2, 0.25) is 0 Å². The van der Waals surface area contributed by atoms with Gasteiger partial charge in [-0.05, 0) is 42.5 Å². The smallest absolute Gasteiger partial charge is 0.270 e. The molecule has 3 rings (SSSR count). The normalized spacial score (nSPS) is 15.9. The molecule has 0 aliphatic heterocycles. The lowest BCUT2D eigenvalue weighted by Gasteiger charge is -2.14. The van der Waals surface area contributed by atoms with E-state index < -0.39 is 0 Å². The molecule has 0 radical (unpaired) electrons. The van der Waals surface area contributed by atoms with Crippen LogP contribution in [0.4, 0.5) is 5.82 Å². The SMILES string of the molecule is Cc1c(C#N)ccc2c1CC[C@@H]2NC(=O)c1cc(N)ncn1. The van der Waals surface area contributed by atoms with Gasteiger partial charge in [0.05, 0.1) is 17.7 Å². The van der Waals surface area contributed by atoms with Gasteiger partial charge in [-0.1, -0.05) is 6.07 Å². The van der Waals surface area contributed by atoms with E-state index in [-0.39, 0.29) is 23.5 Å². The summed E-state index contributed by atoms with van der Waals surface area (Å²) in [6.07, 6.45) is 2.95. The first-order valence-electron chi connectivity index (χ1n) is 7.01. The maximum atomic E-state index is 12.3.